The molecule has 0 heterocycles. The van der Waals surface area contributed by atoms with Crippen molar-refractivity contribution < 1.29 is 19.5 Å². The molecular weight excluding hydrogens is 497 g/mol. The van der Waals surface area contributed by atoms with Gasteiger partial charge in [0, 0.05) is 39.4 Å². The Labute approximate surface area is 215 Å². The number of benzene rings is 3. The predicted octanol–water partition coefficient (Wildman–Crippen LogP) is 5.02. The van der Waals surface area contributed by atoms with Crippen molar-refractivity contribution in [3.63, 3.8) is 0 Å². The molecule has 0 saturated heterocycles. The second kappa shape index (κ2) is 27.8. The van der Waals surface area contributed by atoms with E-state index in [1.807, 2.05) is 91.0 Å². The Morgan fingerprint density at radius 2 is 0.800 bits per heavy atom. The van der Waals surface area contributed by atoms with Gasteiger partial charge in [0.25, 0.3) is 0 Å². The number of nitrogens with two attached hydrogens (primary N) is 2. The van der Waals surface area contributed by atoms with Crippen molar-refractivity contribution >= 4 is 65.0 Å². The Kier molecular flexibility index (Phi) is 31.0. The summed E-state index contributed by atoms with van der Waals surface area (Å²) in [5.41, 5.74) is 10.5. The maximum Gasteiger partial charge on any atom is 0.131 e. The molecule has 8 heteroatoms. The molecule has 0 amide bonds. The molecule has 0 aliphatic carbocycles. The van der Waals surface area contributed by atoms with E-state index in [9.17, 15) is 0 Å². The molecule has 3 rings (SSSR count). The van der Waals surface area contributed by atoms with Crippen LogP contribution in [0.4, 0.5) is 0 Å². The molecule has 0 atom stereocenters. The molecule has 0 spiro atoms. The Morgan fingerprint density at radius 1 is 0.567 bits per heavy atom. The number of thioether (sulfide) groups is 2. The van der Waals surface area contributed by atoms with E-state index in [-0.39, 0.29) is 27.9 Å². The van der Waals surface area contributed by atoms with Gasteiger partial charge in [0.2, 0.25) is 0 Å². The topological polar surface area (TPSA) is 52.0 Å². The van der Waals surface area contributed by atoms with Crippen molar-refractivity contribution in [3.05, 3.63) is 109 Å². The third kappa shape index (κ3) is 31.5. The second-order valence-corrected chi connectivity index (χ2v) is 8.24. The van der Waals surface area contributed by atoms with Crippen molar-refractivity contribution in [2.75, 3.05) is 11.5 Å². The summed E-state index contributed by atoms with van der Waals surface area (Å²) in [5.74, 6) is 1.74. The first-order valence-corrected chi connectivity index (χ1v) is 11.0. The van der Waals surface area contributed by atoms with Gasteiger partial charge >= 0.3 is 0 Å². The zero-order valence-electron chi connectivity index (χ0n) is 16.6. The van der Waals surface area contributed by atoms with E-state index < -0.39 is 0 Å². The zero-order chi connectivity index (χ0) is 20.7. The average Bonchev–Trinajstić information content (AvgIpc) is 2.76. The van der Waals surface area contributed by atoms with Gasteiger partial charge in [-0.25, -0.2) is 0 Å². The summed E-state index contributed by atoms with van der Waals surface area (Å²) in [6.07, 6.45) is 0. The van der Waals surface area contributed by atoms with Crippen LogP contribution < -0.4 is 11.5 Å². The molecule has 3 aromatic rings. The van der Waals surface area contributed by atoms with Gasteiger partial charge in [-0.05, 0) is 0 Å². The molecule has 0 aromatic heterocycles. The maximum atomic E-state index is 5.23. The van der Waals surface area contributed by atoms with E-state index >= 15 is 0 Å². The Morgan fingerprint density at radius 3 is 0.900 bits per heavy atom. The summed E-state index contributed by atoms with van der Waals surface area (Å²) in [5, 5.41) is 0. The third-order valence-electron chi connectivity index (χ3n) is 2.39. The molecule has 0 bridgehead atoms. The fraction of sp³-hybridized carbons (Fsp3) is 0.0909. The monoisotopic (exact) mass is 518 g/mol. The maximum absolute atomic E-state index is 5.23. The van der Waals surface area contributed by atoms with Crippen LogP contribution in [0.25, 0.3) is 0 Å². The van der Waals surface area contributed by atoms with Crippen LogP contribution in [0, 0.1) is 18.2 Å². The fourth-order valence-corrected chi connectivity index (χ4v) is 2.88. The minimum absolute atomic E-state index is 0. The summed E-state index contributed by atoms with van der Waals surface area (Å²) in [4.78, 5) is 0. The van der Waals surface area contributed by atoms with Gasteiger partial charge in [0.15, 0.2) is 0 Å². The SMILES string of the molecule is NC(=S)SCCSC(N)=S.[B].[Zn].[c-]1ccccc1.[c-]1ccccc1.[c-]1ccccc1. The van der Waals surface area contributed by atoms with Crippen molar-refractivity contribution in [2.24, 2.45) is 11.5 Å². The number of hydrogen-bond acceptors (Lipinski definition) is 4. The van der Waals surface area contributed by atoms with E-state index in [1.165, 1.54) is 23.5 Å². The van der Waals surface area contributed by atoms with Crippen molar-refractivity contribution in [3.8, 4) is 0 Å². The molecule has 0 aliphatic rings. The van der Waals surface area contributed by atoms with Gasteiger partial charge in [0.05, 0.1) is 0 Å². The van der Waals surface area contributed by atoms with Gasteiger partial charge in [0.1, 0.15) is 8.64 Å². The summed E-state index contributed by atoms with van der Waals surface area (Å²) < 4.78 is 0.951. The molecule has 30 heavy (non-hydrogen) atoms. The first-order valence-electron chi connectivity index (χ1n) is 8.20. The quantitative estimate of drug-likeness (QED) is 0.219. The van der Waals surface area contributed by atoms with Gasteiger partial charge in [-0.15, -0.1) is 0 Å². The van der Waals surface area contributed by atoms with E-state index in [1.54, 1.807) is 0 Å². The van der Waals surface area contributed by atoms with Crippen LogP contribution in [0.3, 0.4) is 0 Å². The van der Waals surface area contributed by atoms with E-state index in [2.05, 4.69) is 42.6 Å². The molecule has 0 fully saturated rings. The first kappa shape index (κ1) is 33.5. The van der Waals surface area contributed by atoms with Gasteiger partial charge in [-0.1, -0.05) is 48.0 Å². The van der Waals surface area contributed by atoms with Crippen molar-refractivity contribution in [1.29, 1.82) is 0 Å². The largest absolute Gasteiger partial charge is 0.385 e. The standard InChI is InChI=1S/3C6H5.C4H8N2S4.B.Zn/c3*1-2-4-6-5-3-1;5-3(7)9-1-2-10-4(6)8;;/h3*1-5H;1-2H2,(H2,5,7)(H2,6,8);;/q3*-1;;;. The van der Waals surface area contributed by atoms with Crippen LogP contribution in [0.1, 0.15) is 0 Å². The zero-order valence-corrected chi connectivity index (χ0v) is 22.9. The van der Waals surface area contributed by atoms with Gasteiger partial charge in [-0.2, -0.15) is 109 Å². The third-order valence-corrected chi connectivity index (χ3v) is 4.74. The number of hydrogen-bond donors (Lipinski definition) is 2. The fourth-order valence-electron chi connectivity index (χ4n) is 1.31. The van der Waals surface area contributed by atoms with Crippen LogP contribution in [0.5, 0.6) is 0 Å². The minimum Gasteiger partial charge on any atom is -0.385 e. The predicted molar refractivity (Wildman–Crippen MR) is 140 cm³/mol. The van der Waals surface area contributed by atoms with E-state index in [0.717, 1.165) is 11.5 Å². The Bertz CT molecular complexity index is 537. The van der Waals surface area contributed by atoms with Crippen LogP contribution in [0.2, 0.25) is 0 Å². The molecular formula is C22H23BN2S4Zn-3. The Hall–Kier alpha value is -1.17. The van der Waals surface area contributed by atoms with Crippen LogP contribution >= 0.6 is 48.0 Å². The van der Waals surface area contributed by atoms with Gasteiger partial charge < -0.3 is 11.5 Å². The van der Waals surface area contributed by atoms with Crippen LogP contribution in [-0.4, -0.2) is 28.6 Å². The number of rotatable bonds is 3. The molecule has 3 radical (unpaired) electrons. The van der Waals surface area contributed by atoms with Crippen LogP contribution in [0.15, 0.2) is 91.0 Å². The van der Waals surface area contributed by atoms with E-state index in [0.29, 0.717) is 8.64 Å². The summed E-state index contributed by atoms with van der Waals surface area (Å²) in [6, 6.07) is 37.5. The first-order chi connectivity index (χ1) is 13.6. The molecule has 0 unspecified atom stereocenters. The second-order valence-electron chi connectivity index (χ2n) is 4.57. The van der Waals surface area contributed by atoms with Crippen LogP contribution in [-0.2, 0) is 19.5 Å². The normalized spacial score (nSPS) is 7.87. The molecule has 3 aromatic carbocycles. The average molecular weight is 520 g/mol. The summed E-state index contributed by atoms with van der Waals surface area (Å²) in [6.45, 7) is 0. The Balaban J connectivity index is -0.000000324. The molecule has 153 valence electrons. The van der Waals surface area contributed by atoms with Crippen molar-refractivity contribution in [2.45, 2.75) is 0 Å². The summed E-state index contributed by atoms with van der Waals surface area (Å²) >= 11 is 12.2. The molecule has 4 N–H and O–H groups in total. The summed E-state index contributed by atoms with van der Waals surface area (Å²) in [7, 11) is 0. The van der Waals surface area contributed by atoms with Gasteiger partial charge in [-0.3, -0.25) is 0 Å². The molecule has 0 aliphatic heterocycles. The smallest absolute Gasteiger partial charge is 0.131 e. The minimum atomic E-state index is 0. The van der Waals surface area contributed by atoms with E-state index in [4.69, 9.17) is 11.5 Å². The molecule has 2 nitrogen and oxygen atoms in total. The molecule has 0 saturated carbocycles. The van der Waals surface area contributed by atoms with Crippen molar-refractivity contribution in [1.82, 2.24) is 0 Å². The number of thiocarbonyl (C=S) groups is 2.